The Kier molecular flexibility index (Phi) is 12.4. The number of nitrogens with two attached hydrogens (primary N) is 1. The molecule has 1 aromatic heterocycles. The van der Waals surface area contributed by atoms with Gasteiger partial charge in [-0.3, -0.25) is 14.4 Å². The number of fused-ring (bicyclic) bond motifs is 1. The van der Waals surface area contributed by atoms with Gasteiger partial charge in [0.05, 0.1) is 30.2 Å². The summed E-state index contributed by atoms with van der Waals surface area (Å²) in [6, 6.07) is 12.9. The van der Waals surface area contributed by atoms with Gasteiger partial charge in [-0.15, -0.1) is 0 Å². The van der Waals surface area contributed by atoms with Crippen LogP contribution in [0.15, 0.2) is 53.1 Å². The van der Waals surface area contributed by atoms with Crippen molar-refractivity contribution in [2.45, 2.75) is 96.1 Å². The summed E-state index contributed by atoms with van der Waals surface area (Å²) in [7, 11) is 0.723. The Morgan fingerprint density at radius 3 is 2.07 bits per heavy atom. The van der Waals surface area contributed by atoms with E-state index < -0.39 is 38.3 Å². The van der Waals surface area contributed by atoms with Crippen molar-refractivity contribution in [3.8, 4) is 5.75 Å². The van der Waals surface area contributed by atoms with Crippen LogP contribution >= 0.6 is 15.9 Å². The number of aromatic amines is 1. The summed E-state index contributed by atoms with van der Waals surface area (Å²) >= 11 is 3.60. The summed E-state index contributed by atoms with van der Waals surface area (Å²) in [6.07, 6.45) is 0.134. The molecule has 11 heteroatoms. The highest BCUT2D eigenvalue weighted by molar-refractivity contribution is 9.10. The summed E-state index contributed by atoms with van der Waals surface area (Å²) in [6.45, 7) is 15.0. The standard InChI is InChI=1S/C34H49BrN4O5Si/c1-20(2)45(21(3)4,22(5)6)44-25-16-14-24(15-17-25)29(19-31(40)43-9)38-33(41)30(39(8)34(42)23(7)36)18-27-26-12-10-11-13-28(26)37-32(27)35/h10-17,20-23,29-30,37H,18-19,36H2,1-9H3,(H,38,41)/t23-,29+,30+/m0/s1. The van der Waals surface area contributed by atoms with Gasteiger partial charge in [0.25, 0.3) is 8.32 Å². The lowest BCUT2D eigenvalue weighted by atomic mass is 10.00. The van der Waals surface area contributed by atoms with Crippen molar-refractivity contribution in [2.75, 3.05) is 14.2 Å². The number of carbonyl (C=O) groups excluding carboxylic acids is 3. The molecule has 3 aromatic rings. The number of rotatable bonds is 14. The van der Waals surface area contributed by atoms with Gasteiger partial charge in [-0.1, -0.05) is 71.9 Å². The van der Waals surface area contributed by atoms with E-state index in [9.17, 15) is 14.4 Å². The predicted octanol–water partition coefficient (Wildman–Crippen LogP) is 6.62. The van der Waals surface area contributed by atoms with E-state index in [4.69, 9.17) is 14.9 Å². The number of aromatic nitrogens is 1. The van der Waals surface area contributed by atoms with E-state index in [-0.39, 0.29) is 18.7 Å². The van der Waals surface area contributed by atoms with Gasteiger partial charge in [-0.2, -0.15) is 0 Å². The molecule has 9 nitrogen and oxygen atoms in total. The van der Waals surface area contributed by atoms with Gasteiger partial charge < -0.3 is 30.1 Å². The van der Waals surface area contributed by atoms with Crippen LogP contribution in [0, 0.1) is 0 Å². The van der Waals surface area contributed by atoms with Crippen LogP contribution in [0.25, 0.3) is 10.9 Å². The molecule has 0 aliphatic heterocycles. The van der Waals surface area contributed by atoms with E-state index in [2.05, 4.69) is 67.8 Å². The number of para-hydroxylation sites is 1. The van der Waals surface area contributed by atoms with Crippen LogP contribution in [0.3, 0.4) is 0 Å². The minimum atomic E-state index is -2.17. The average Bonchev–Trinajstić information content (AvgIpc) is 3.31. The molecule has 246 valence electrons. The van der Waals surface area contributed by atoms with Gasteiger partial charge in [0.2, 0.25) is 11.8 Å². The lowest BCUT2D eigenvalue weighted by molar-refractivity contribution is -0.142. The molecule has 1 heterocycles. The molecule has 0 saturated heterocycles. The third-order valence-corrected chi connectivity index (χ3v) is 15.5. The number of hydrogen-bond donors (Lipinski definition) is 3. The van der Waals surface area contributed by atoms with Crippen LogP contribution in [0.2, 0.25) is 16.6 Å². The van der Waals surface area contributed by atoms with Crippen molar-refractivity contribution < 1.29 is 23.5 Å². The zero-order valence-corrected chi connectivity index (χ0v) is 30.5. The number of likely N-dealkylation sites (N-methyl/N-ethyl adjacent to an activating group) is 1. The van der Waals surface area contributed by atoms with Crippen molar-refractivity contribution in [1.82, 2.24) is 15.2 Å². The molecule has 0 saturated carbocycles. The number of H-pyrrole nitrogens is 1. The fraction of sp³-hybridized carbons (Fsp3) is 0.500. The Morgan fingerprint density at radius 2 is 1.53 bits per heavy atom. The Bertz CT molecular complexity index is 1450. The number of ether oxygens (including phenoxy) is 1. The van der Waals surface area contributed by atoms with Gasteiger partial charge in [0.1, 0.15) is 11.8 Å². The number of nitrogens with zero attached hydrogens (tertiary/aromatic N) is 1. The highest BCUT2D eigenvalue weighted by Crippen LogP contribution is 2.43. The lowest BCUT2D eigenvalue weighted by Gasteiger charge is -2.42. The first-order chi connectivity index (χ1) is 21.1. The summed E-state index contributed by atoms with van der Waals surface area (Å²) in [5.41, 5.74) is 9.67. The van der Waals surface area contributed by atoms with E-state index in [0.717, 1.165) is 32.4 Å². The van der Waals surface area contributed by atoms with Gasteiger partial charge in [-0.05, 0) is 68.8 Å². The second kappa shape index (κ2) is 15.4. The van der Waals surface area contributed by atoms with Crippen LogP contribution in [-0.4, -0.2) is 62.2 Å². The normalized spacial score (nSPS) is 14.0. The average molecular weight is 702 g/mol. The minimum Gasteiger partial charge on any atom is -0.543 e. The van der Waals surface area contributed by atoms with Gasteiger partial charge in [0.15, 0.2) is 0 Å². The van der Waals surface area contributed by atoms with E-state index in [1.807, 2.05) is 48.5 Å². The quantitative estimate of drug-likeness (QED) is 0.128. The minimum absolute atomic E-state index is 0.0838. The summed E-state index contributed by atoms with van der Waals surface area (Å²) in [4.78, 5) is 44.3. The molecule has 0 aliphatic rings. The third-order valence-electron chi connectivity index (χ3n) is 8.87. The molecule has 0 spiro atoms. The SMILES string of the molecule is COC(=O)C[C@@H](NC(=O)[C@@H](Cc1c(Br)[nH]c2ccccc12)N(C)C(=O)[C@H](C)N)c1ccc(O[Si](C(C)C)(C(C)C)C(C)C)cc1. The Hall–Kier alpha value is -3.15. The van der Waals surface area contributed by atoms with Crippen molar-refractivity contribution in [3.63, 3.8) is 0 Å². The largest absolute Gasteiger partial charge is 0.543 e. The fourth-order valence-corrected chi connectivity index (χ4v) is 12.4. The Labute approximate surface area is 276 Å². The summed E-state index contributed by atoms with van der Waals surface area (Å²) in [5.74, 6) is -0.481. The topological polar surface area (TPSA) is 127 Å². The van der Waals surface area contributed by atoms with Crippen molar-refractivity contribution in [1.29, 1.82) is 0 Å². The number of esters is 1. The van der Waals surface area contributed by atoms with Crippen LogP contribution in [0.1, 0.15) is 72.1 Å². The van der Waals surface area contributed by atoms with Gasteiger partial charge in [-0.25, -0.2) is 0 Å². The molecule has 2 aromatic carbocycles. The Balaban J connectivity index is 1.96. The van der Waals surface area contributed by atoms with E-state index in [1.165, 1.54) is 12.0 Å². The number of carbonyl (C=O) groups is 3. The van der Waals surface area contributed by atoms with Crippen LogP contribution < -0.4 is 15.5 Å². The zero-order valence-electron chi connectivity index (χ0n) is 27.9. The molecule has 0 fully saturated rings. The fourth-order valence-electron chi connectivity index (χ4n) is 6.54. The number of amides is 2. The first-order valence-corrected chi connectivity index (χ1v) is 18.5. The summed E-state index contributed by atoms with van der Waals surface area (Å²) in [5, 5.41) is 3.98. The highest BCUT2D eigenvalue weighted by atomic mass is 79.9. The Morgan fingerprint density at radius 1 is 0.956 bits per heavy atom. The van der Waals surface area contributed by atoms with Crippen molar-refractivity contribution in [2.24, 2.45) is 5.73 Å². The molecule has 0 bridgehead atoms. The van der Waals surface area contributed by atoms with Crippen molar-refractivity contribution in [3.05, 3.63) is 64.3 Å². The molecule has 0 radical (unpaired) electrons. The maximum atomic E-state index is 14.1. The first kappa shape index (κ1) is 36.3. The molecule has 3 rings (SSSR count). The second-order valence-corrected chi connectivity index (χ2v) is 18.9. The van der Waals surface area contributed by atoms with E-state index >= 15 is 0 Å². The van der Waals surface area contributed by atoms with E-state index in [1.54, 1.807) is 14.0 Å². The van der Waals surface area contributed by atoms with Gasteiger partial charge in [0, 0.05) is 24.4 Å². The molecule has 2 amide bonds. The monoisotopic (exact) mass is 700 g/mol. The molecular weight excluding hydrogens is 652 g/mol. The first-order valence-electron chi connectivity index (χ1n) is 15.6. The van der Waals surface area contributed by atoms with Crippen LogP contribution in [0.5, 0.6) is 5.75 Å². The van der Waals surface area contributed by atoms with Crippen LogP contribution in [0.4, 0.5) is 0 Å². The number of hydrogen-bond acceptors (Lipinski definition) is 6. The molecular formula is C34H49BrN4O5Si. The maximum absolute atomic E-state index is 14.1. The lowest BCUT2D eigenvalue weighted by Crippen LogP contribution is -2.53. The highest BCUT2D eigenvalue weighted by Gasteiger charge is 2.47. The second-order valence-electron chi connectivity index (χ2n) is 12.8. The molecule has 4 N–H and O–H groups in total. The number of methoxy groups -OCH3 is 1. The van der Waals surface area contributed by atoms with Crippen molar-refractivity contribution >= 4 is 52.9 Å². The molecule has 0 aliphatic carbocycles. The number of halogens is 1. The zero-order chi connectivity index (χ0) is 33.6. The number of nitrogens with one attached hydrogen (secondary N) is 2. The third kappa shape index (κ3) is 8.17. The molecule has 3 atom stereocenters. The summed E-state index contributed by atoms with van der Waals surface area (Å²) < 4.78 is 12.5. The molecule has 0 unspecified atom stereocenters. The maximum Gasteiger partial charge on any atom is 0.307 e. The predicted molar refractivity (Wildman–Crippen MR) is 186 cm³/mol. The molecule has 45 heavy (non-hydrogen) atoms. The van der Waals surface area contributed by atoms with Gasteiger partial charge >= 0.3 is 5.97 Å². The van der Waals surface area contributed by atoms with E-state index in [0.29, 0.717) is 16.6 Å². The van der Waals surface area contributed by atoms with Crippen LogP contribution in [-0.2, 0) is 25.5 Å². The smallest absolute Gasteiger partial charge is 0.307 e. The number of benzene rings is 2.